The zero-order valence-electron chi connectivity index (χ0n) is 20.2. The average Bonchev–Trinajstić information content (AvgIpc) is 2.78. The van der Waals surface area contributed by atoms with Crippen molar-refractivity contribution in [1.82, 2.24) is 10.2 Å². The molecular weight excluding hydrogens is 430 g/mol. The predicted molar refractivity (Wildman–Crippen MR) is 141 cm³/mol. The second-order valence-corrected chi connectivity index (χ2v) is 9.14. The Bertz CT molecular complexity index is 893. The average molecular weight is 468 g/mol. The van der Waals surface area contributed by atoms with E-state index in [1.807, 2.05) is 62.6 Å². The van der Waals surface area contributed by atoms with Crippen LogP contribution < -0.4 is 10.6 Å². The third-order valence-electron chi connectivity index (χ3n) is 5.44. The largest absolute Gasteiger partial charge is 0.332 e. The molecule has 2 aromatic rings. The van der Waals surface area contributed by atoms with Crippen LogP contribution in [0.2, 0.25) is 0 Å². The van der Waals surface area contributed by atoms with Gasteiger partial charge in [-0.15, -0.1) is 0 Å². The Morgan fingerprint density at radius 2 is 1.55 bits per heavy atom. The monoisotopic (exact) mass is 467 g/mol. The fourth-order valence-corrected chi connectivity index (χ4v) is 3.72. The summed E-state index contributed by atoms with van der Waals surface area (Å²) in [7, 11) is 4.09. The number of anilines is 1. The number of hydrogen-bond acceptors (Lipinski definition) is 4. The summed E-state index contributed by atoms with van der Waals surface area (Å²) in [6, 6.07) is 15.3. The van der Waals surface area contributed by atoms with Crippen molar-refractivity contribution in [2.24, 2.45) is 0 Å². The van der Waals surface area contributed by atoms with Gasteiger partial charge in [0.2, 0.25) is 0 Å². The summed E-state index contributed by atoms with van der Waals surface area (Å²) < 4.78 is 0. The van der Waals surface area contributed by atoms with Crippen LogP contribution in [0.1, 0.15) is 66.9 Å². The van der Waals surface area contributed by atoms with E-state index in [4.69, 9.17) is 12.2 Å². The quantitative estimate of drug-likeness (QED) is 0.305. The van der Waals surface area contributed by atoms with Gasteiger partial charge in [-0.05, 0) is 93.9 Å². The van der Waals surface area contributed by atoms with Gasteiger partial charge in [0.1, 0.15) is 5.78 Å². The number of ketones is 1. The summed E-state index contributed by atoms with van der Waals surface area (Å²) in [4.78, 5) is 26.8. The number of nitrogens with zero attached hydrogens (tertiary/aromatic N) is 1. The summed E-state index contributed by atoms with van der Waals surface area (Å²) in [5, 5.41) is 6.00. The maximum absolute atomic E-state index is 12.5. The van der Waals surface area contributed by atoms with Crippen molar-refractivity contribution in [2.75, 3.05) is 26.0 Å². The topological polar surface area (TPSA) is 61.4 Å². The van der Waals surface area contributed by atoms with Crippen molar-refractivity contribution in [3.63, 3.8) is 0 Å². The highest BCUT2D eigenvalue weighted by molar-refractivity contribution is 7.80. The number of amides is 1. The molecule has 0 spiro atoms. The Kier molecular flexibility index (Phi) is 11.8. The number of hydrogen-bond donors (Lipinski definition) is 2. The molecule has 0 aliphatic rings. The van der Waals surface area contributed by atoms with Crippen molar-refractivity contribution >= 4 is 34.7 Å². The van der Waals surface area contributed by atoms with E-state index in [9.17, 15) is 9.59 Å². The molecule has 0 atom stereocenters. The summed E-state index contributed by atoms with van der Waals surface area (Å²) in [6.07, 6.45) is 7.63. The maximum Gasteiger partial charge on any atom is 0.257 e. The van der Waals surface area contributed by atoms with Gasteiger partial charge in [0.15, 0.2) is 5.11 Å². The molecule has 0 saturated carbocycles. The molecule has 0 bridgehead atoms. The zero-order chi connectivity index (χ0) is 24.1. The Labute approximate surface area is 204 Å². The van der Waals surface area contributed by atoms with Crippen LogP contribution in [-0.4, -0.2) is 42.3 Å². The fraction of sp³-hybridized carbons (Fsp3) is 0.444. The van der Waals surface area contributed by atoms with Gasteiger partial charge in [0.05, 0.1) is 0 Å². The molecule has 0 heterocycles. The van der Waals surface area contributed by atoms with Crippen molar-refractivity contribution in [2.45, 2.75) is 58.3 Å². The van der Waals surface area contributed by atoms with Crippen LogP contribution in [0.4, 0.5) is 5.69 Å². The van der Waals surface area contributed by atoms with E-state index >= 15 is 0 Å². The Morgan fingerprint density at radius 1 is 0.879 bits per heavy atom. The molecule has 33 heavy (non-hydrogen) atoms. The molecule has 0 fully saturated rings. The first-order valence-electron chi connectivity index (χ1n) is 11.8. The molecular formula is C27H37N3O2S. The molecule has 178 valence electrons. The van der Waals surface area contributed by atoms with Gasteiger partial charge in [-0.2, -0.15) is 0 Å². The van der Waals surface area contributed by atoms with E-state index in [1.54, 1.807) is 0 Å². The zero-order valence-corrected chi connectivity index (χ0v) is 21.0. The van der Waals surface area contributed by atoms with E-state index in [0.717, 1.165) is 37.1 Å². The number of nitrogens with one attached hydrogen (secondary N) is 2. The van der Waals surface area contributed by atoms with Gasteiger partial charge in [-0.3, -0.25) is 14.9 Å². The second kappa shape index (κ2) is 14.6. The lowest BCUT2D eigenvalue weighted by Gasteiger charge is -2.11. The fourth-order valence-electron chi connectivity index (χ4n) is 3.51. The van der Waals surface area contributed by atoms with Gasteiger partial charge in [0, 0.05) is 24.1 Å². The molecule has 0 aliphatic heterocycles. The van der Waals surface area contributed by atoms with Crippen LogP contribution in [-0.2, 0) is 17.6 Å². The van der Waals surface area contributed by atoms with Crippen LogP contribution in [0.5, 0.6) is 0 Å². The van der Waals surface area contributed by atoms with Crippen molar-refractivity contribution < 1.29 is 9.59 Å². The molecule has 2 rings (SSSR count). The summed E-state index contributed by atoms with van der Waals surface area (Å²) in [5.74, 6) is 0.0257. The maximum atomic E-state index is 12.5. The summed E-state index contributed by atoms with van der Waals surface area (Å²) >= 11 is 5.29. The highest BCUT2D eigenvalue weighted by Gasteiger charge is 2.09. The van der Waals surface area contributed by atoms with E-state index in [1.165, 1.54) is 24.8 Å². The number of carbonyl (C=O) groups is 2. The molecule has 0 saturated heterocycles. The van der Waals surface area contributed by atoms with E-state index < -0.39 is 0 Å². The minimum absolute atomic E-state index is 0.232. The number of Topliss-reactive ketones (excluding diaryl/α,β-unsaturated/α-hetero) is 1. The minimum atomic E-state index is -0.232. The smallest absolute Gasteiger partial charge is 0.257 e. The van der Waals surface area contributed by atoms with Crippen LogP contribution in [0.25, 0.3) is 0 Å². The third-order valence-corrected chi connectivity index (χ3v) is 5.64. The molecule has 0 unspecified atom stereocenters. The minimum Gasteiger partial charge on any atom is -0.332 e. The highest BCUT2D eigenvalue weighted by Crippen LogP contribution is 2.12. The molecule has 0 radical (unpaired) electrons. The predicted octanol–water partition coefficient (Wildman–Crippen LogP) is 5.39. The SMILES string of the molecule is CCCCCc1ccc(C(=O)NC(=S)Nc2ccc(CC(=O)CCCCN(C)C)cc2)cc1. The van der Waals surface area contributed by atoms with Crippen LogP contribution in [0.3, 0.4) is 0 Å². The van der Waals surface area contributed by atoms with E-state index in [0.29, 0.717) is 18.4 Å². The number of unbranched alkanes of at least 4 members (excludes halogenated alkanes) is 3. The number of aryl methyl sites for hydroxylation is 1. The standard InChI is InChI=1S/C27H37N3O2S/c1-4-5-6-9-21-11-15-23(16-12-21)26(32)29-27(33)28-24-17-13-22(14-18-24)20-25(31)10-7-8-19-30(2)3/h11-18H,4-10,19-20H2,1-3H3,(H2,28,29,32,33). The molecule has 5 nitrogen and oxygen atoms in total. The number of thiocarbonyl (C=S) groups is 1. The van der Waals surface area contributed by atoms with Crippen LogP contribution in [0.15, 0.2) is 48.5 Å². The first-order valence-corrected chi connectivity index (χ1v) is 12.2. The molecule has 2 N–H and O–H groups in total. The Morgan fingerprint density at radius 3 is 2.18 bits per heavy atom. The lowest BCUT2D eigenvalue weighted by Crippen LogP contribution is -2.34. The van der Waals surface area contributed by atoms with Crippen molar-refractivity contribution in [3.8, 4) is 0 Å². The van der Waals surface area contributed by atoms with Crippen LogP contribution >= 0.6 is 12.2 Å². The van der Waals surface area contributed by atoms with Crippen LogP contribution in [0, 0.1) is 0 Å². The van der Waals surface area contributed by atoms with E-state index in [2.05, 4.69) is 22.5 Å². The van der Waals surface area contributed by atoms with Gasteiger partial charge in [-0.1, -0.05) is 44.0 Å². The molecule has 0 aromatic heterocycles. The summed E-state index contributed by atoms with van der Waals surface area (Å²) in [6.45, 7) is 3.20. The lowest BCUT2D eigenvalue weighted by molar-refractivity contribution is -0.118. The van der Waals surface area contributed by atoms with Gasteiger partial charge < -0.3 is 10.2 Å². The van der Waals surface area contributed by atoms with Crippen molar-refractivity contribution in [3.05, 3.63) is 65.2 Å². The lowest BCUT2D eigenvalue weighted by atomic mass is 10.0. The molecule has 0 aliphatic carbocycles. The number of benzene rings is 2. The van der Waals surface area contributed by atoms with E-state index in [-0.39, 0.29) is 16.8 Å². The molecule has 2 aromatic carbocycles. The van der Waals surface area contributed by atoms with Crippen molar-refractivity contribution in [1.29, 1.82) is 0 Å². The first kappa shape index (κ1) is 26.7. The number of rotatable bonds is 13. The molecule has 6 heteroatoms. The third kappa shape index (κ3) is 10.7. The normalized spacial score (nSPS) is 10.8. The second-order valence-electron chi connectivity index (χ2n) is 8.74. The van der Waals surface area contributed by atoms with Gasteiger partial charge >= 0.3 is 0 Å². The summed E-state index contributed by atoms with van der Waals surface area (Å²) in [5.41, 5.74) is 3.58. The Balaban J connectivity index is 1.76. The first-order chi connectivity index (χ1) is 15.9. The van der Waals surface area contributed by atoms with Gasteiger partial charge in [0.25, 0.3) is 5.91 Å². The number of carbonyl (C=O) groups excluding carboxylic acids is 2. The molecule has 1 amide bonds. The highest BCUT2D eigenvalue weighted by atomic mass is 32.1. The van der Waals surface area contributed by atoms with Gasteiger partial charge in [-0.25, -0.2) is 0 Å². The Hall–Kier alpha value is -2.57.